The summed E-state index contributed by atoms with van der Waals surface area (Å²) in [6.07, 6.45) is 5.81. The topological polar surface area (TPSA) is 43.6 Å². The predicted molar refractivity (Wildman–Crippen MR) is 92.5 cm³/mol. The number of benzene rings is 1. The van der Waals surface area contributed by atoms with Crippen molar-refractivity contribution in [1.29, 1.82) is 0 Å². The molecule has 2 aromatic heterocycles. The number of aromatic nitrogens is 4. The van der Waals surface area contributed by atoms with Crippen LogP contribution in [0.4, 0.5) is 4.39 Å². The molecule has 122 valence electrons. The Balaban J connectivity index is 1.61. The van der Waals surface area contributed by atoms with Crippen LogP contribution in [0.15, 0.2) is 47.9 Å². The summed E-state index contributed by atoms with van der Waals surface area (Å²) in [5.41, 5.74) is 1.85. The standard InChI is InChI=1S/C17H14ClFN4S/c18-15-8-13(19)4-3-12(15)10-24-17-22-21-16(23(17)14-5-6-14)11-2-1-7-20-9-11/h1-4,7-9,14H,5-6,10H2. The zero-order chi connectivity index (χ0) is 16.5. The lowest BCUT2D eigenvalue weighted by atomic mass is 10.2. The summed E-state index contributed by atoms with van der Waals surface area (Å²) in [4.78, 5) is 4.16. The molecule has 1 aromatic carbocycles. The van der Waals surface area contributed by atoms with Crippen molar-refractivity contribution in [2.24, 2.45) is 0 Å². The molecule has 0 amide bonds. The zero-order valence-electron chi connectivity index (χ0n) is 12.7. The van der Waals surface area contributed by atoms with Gasteiger partial charge in [0.1, 0.15) is 5.82 Å². The molecule has 0 N–H and O–H groups in total. The molecule has 0 aliphatic heterocycles. The molecule has 4 rings (SSSR count). The quantitative estimate of drug-likeness (QED) is 0.615. The van der Waals surface area contributed by atoms with Crippen molar-refractivity contribution in [3.8, 4) is 11.4 Å². The van der Waals surface area contributed by atoms with E-state index in [-0.39, 0.29) is 5.82 Å². The fraction of sp³-hybridized carbons (Fsp3) is 0.235. The summed E-state index contributed by atoms with van der Waals surface area (Å²) < 4.78 is 15.3. The minimum Gasteiger partial charge on any atom is -0.299 e. The molecule has 1 fully saturated rings. The van der Waals surface area contributed by atoms with Crippen LogP contribution < -0.4 is 0 Å². The lowest BCUT2D eigenvalue weighted by molar-refractivity contribution is 0.627. The number of halogens is 2. The Hall–Kier alpha value is -1.92. The van der Waals surface area contributed by atoms with E-state index in [4.69, 9.17) is 11.6 Å². The Morgan fingerprint density at radius 1 is 1.25 bits per heavy atom. The third-order valence-corrected chi connectivity index (χ3v) is 5.21. The van der Waals surface area contributed by atoms with E-state index in [1.807, 2.05) is 12.1 Å². The van der Waals surface area contributed by atoms with Gasteiger partial charge < -0.3 is 0 Å². The van der Waals surface area contributed by atoms with Gasteiger partial charge in [-0.15, -0.1) is 10.2 Å². The number of nitrogens with zero attached hydrogens (tertiary/aromatic N) is 4. The van der Waals surface area contributed by atoms with Crippen molar-refractivity contribution in [2.45, 2.75) is 29.8 Å². The van der Waals surface area contributed by atoms with Crippen LogP contribution in [0.25, 0.3) is 11.4 Å². The van der Waals surface area contributed by atoms with E-state index in [0.717, 1.165) is 34.9 Å². The van der Waals surface area contributed by atoms with Gasteiger partial charge in [0.05, 0.1) is 0 Å². The highest BCUT2D eigenvalue weighted by Crippen LogP contribution is 2.41. The Morgan fingerprint density at radius 3 is 2.83 bits per heavy atom. The highest BCUT2D eigenvalue weighted by Gasteiger charge is 2.30. The molecule has 1 aliphatic rings. The van der Waals surface area contributed by atoms with Crippen molar-refractivity contribution in [1.82, 2.24) is 19.7 Å². The summed E-state index contributed by atoms with van der Waals surface area (Å²) in [5.74, 6) is 1.14. The fourth-order valence-electron chi connectivity index (χ4n) is 2.51. The first-order valence-electron chi connectivity index (χ1n) is 7.64. The first-order valence-corrected chi connectivity index (χ1v) is 9.01. The molecule has 7 heteroatoms. The Morgan fingerprint density at radius 2 is 2.12 bits per heavy atom. The van der Waals surface area contributed by atoms with Crippen LogP contribution in [-0.2, 0) is 5.75 Å². The molecule has 0 saturated heterocycles. The summed E-state index contributed by atoms with van der Waals surface area (Å²) in [5, 5.41) is 10.00. The van der Waals surface area contributed by atoms with E-state index in [9.17, 15) is 4.39 Å². The maximum Gasteiger partial charge on any atom is 0.192 e. The van der Waals surface area contributed by atoms with E-state index in [1.54, 1.807) is 30.2 Å². The van der Waals surface area contributed by atoms with Crippen molar-refractivity contribution < 1.29 is 4.39 Å². The van der Waals surface area contributed by atoms with E-state index in [1.165, 1.54) is 12.1 Å². The molecule has 0 radical (unpaired) electrons. The Kier molecular flexibility index (Phi) is 4.24. The molecule has 24 heavy (non-hydrogen) atoms. The van der Waals surface area contributed by atoms with Crippen LogP contribution in [0.5, 0.6) is 0 Å². The number of thioether (sulfide) groups is 1. The molecule has 1 aliphatic carbocycles. The van der Waals surface area contributed by atoms with Gasteiger partial charge in [-0.2, -0.15) is 0 Å². The second kappa shape index (κ2) is 6.53. The molecule has 0 bridgehead atoms. The minimum atomic E-state index is -0.325. The molecular weight excluding hydrogens is 347 g/mol. The van der Waals surface area contributed by atoms with Crippen LogP contribution in [0.3, 0.4) is 0 Å². The van der Waals surface area contributed by atoms with Crippen LogP contribution >= 0.6 is 23.4 Å². The Labute approximate surface area is 148 Å². The second-order valence-corrected chi connectivity index (χ2v) is 7.02. The van der Waals surface area contributed by atoms with E-state index < -0.39 is 0 Å². The maximum atomic E-state index is 13.2. The van der Waals surface area contributed by atoms with Gasteiger partial charge in [0.2, 0.25) is 0 Å². The highest BCUT2D eigenvalue weighted by atomic mass is 35.5. The second-order valence-electron chi connectivity index (χ2n) is 5.67. The molecule has 4 nitrogen and oxygen atoms in total. The Bertz CT molecular complexity index is 864. The third kappa shape index (κ3) is 3.16. The summed E-state index contributed by atoms with van der Waals surface area (Å²) >= 11 is 7.67. The highest BCUT2D eigenvalue weighted by molar-refractivity contribution is 7.98. The summed E-state index contributed by atoms with van der Waals surface area (Å²) in [6.45, 7) is 0. The smallest absolute Gasteiger partial charge is 0.192 e. The molecule has 1 saturated carbocycles. The molecule has 0 unspecified atom stereocenters. The van der Waals surface area contributed by atoms with Gasteiger partial charge in [-0.05, 0) is 42.7 Å². The number of rotatable bonds is 5. The van der Waals surface area contributed by atoms with Gasteiger partial charge in [0.25, 0.3) is 0 Å². The van der Waals surface area contributed by atoms with Gasteiger partial charge in [0, 0.05) is 34.8 Å². The lowest BCUT2D eigenvalue weighted by Gasteiger charge is -2.09. The summed E-state index contributed by atoms with van der Waals surface area (Å²) in [6, 6.07) is 8.80. The van der Waals surface area contributed by atoms with Gasteiger partial charge >= 0.3 is 0 Å². The van der Waals surface area contributed by atoms with Crippen molar-refractivity contribution >= 4 is 23.4 Å². The van der Waals surface area contributed by atoms with E-state index in [0.29, 0.717) is 16.8 Å². The largest absolute Gasteiger partial charge is 0.299 e. The monoisotopic (exact) mass is 360 g/mol. The predicted octanol–water partition coefficient (Wildman–Crippen LogP) is 4.76. The van der Waals surface area contributed by atoms with Crippen molar-refractivity contribution in [2.75, 3.05) is 0 Å². The van der Waals surface area contributed by atoms with Gasteiger partial charge in [0.15, 0.2) is 11.0 Å². The molecule has 2 heterocycles. The molecule has 3 aromatic rings. The average Bonchev–Trinajstić information content (AvgIpc) is 3.34. The SMILES string of the molecule is Fc1ccc(CSc2nnc(-c3cccnc3)n2C2CC2)c(Cl)c1. The van der Waals surface area contributed by atoms with Gasteiger partial charge in [-0.3, -0.25) is 9.55 Å². The molecule has 0 spiro atoms. The van der Waals surface area contributed by atoms with Crippen LogP contribution in [0.2, 0.25) is 5.02 Å². The molecular formula is C17H14ClFN4S. The van der Waals surface area contributed by atoms with Crippen LogP contribution in [0, 0.1) is 5.82 Å². The van der Waals surface area contributed by atoms with E-state index >= 15 is 0 Å². The normalized spacial score (nSPS) is 14.1. The van der Waals surface area contributed by atoms with Crippen LogP contribution in [0.1, 0.15) is 24.4 Å². The third-order valence-electron chi connectivity index (χ3n) is 3.87. The number of hydrogen-bond acceptors (Lipinski definition) is 4. The zero-order valence-corrected chi connectivity index (χ0v) is 14.3. The lowest BCUT2D eigenvalue weighted by Crippen LogP contribution is -2.00. The van der Waals surface area contributed by atoms with Gasteiger partial charge in [-0.1, -0.05) is 29.4 Å². The van der Waals surface area contributed by atoms with Crippen molar-refractivity contribution in [3.05, 3.63) is 59.1 Å². The summed E-state index contributed by atoms with van der Waals surface area (Å²) in [7, 11) is 0. The minimum absolute atomic E-state index is 0.325. The first kappa shape index (κ1) is 15.6. The fourth-order valence-corrected chi connectivity index (χ4v) is 3.83. The van der Waals surface area contributed by atoms with Crippen molar-refractivity contribution in [3.63, 3.8) is 0 Å². The number of pyridine rings is 1. The first-order chi connectivity index (χ1) is 11.7. The van der Waals surface area contributed by atoms with E-state index in [2.05, 4.69) is 19.7 Å². The number of hydrogen-bond donors (Lipinski definition) is 0. The van der Waals surface area contributed by atoms with Crippen LogP contribution in [-0.4, -0.2) is 19.7 Å². The van der Waals surface area contributed by atoms with Gasteiger partial charge in [-0.25, -0.2) is 4.39 Å². The average molecular weight is 361 g/mol. The molecule has 0 atom stereocenters. The maximum absolute atomic E-state index is 13.2.